The third kappa shape index (κ3) is 2.37. The van der Waals surface area contributed by atoms with E-state index >= 15 is 0 Å². The van der Waals surface area contributed by atoms with Gasteiger partial charge >= 0.3 is 0 Å². The lowest BCUT2D eigenvalue weighted by atomic mass is 9.93. The molecule has 0 aliphatic heterocycles. The summed E-state index contributed by atoms with van der Waals surface area (Å²) in [4.78, 5) is 0. The lowest BCUT2D eigenvalue weighted by Crippen LogP contribution is -2.21. The number of hydrogen-bond acceptors (Lipinski definition) is 2. The number of furan rings is 1. The summed E-state index contributed by atoms with van der Waals surface area (Å²) in [6.45, 7) is 1.72. The van der Waals surface area contributed by atoms with Gasteiger partial charge in [0.2, 0.25) is 0 Å². The molecule has 0 aliphatic rings. The average Bonchev–Trinajstić information content (AvgIpc) is 2.83. The highest BCUT2D eigenvalue weighted by Crippen LogP contribution is 2.34. The Morgan fingerprint density at radius 3 is 2.50 bits per heavy atom. The molecular weight excluding hydrogens is 340 g/mol. The zero-order chi connectivity index (χ0) is 14.3. The van der Waals surface area contributed by atoms with Crippen LogP contribution in [0.15, 0.2) is 57.4 Å². The van der Waals surface area contributed by atoms with E-state index in [1.54, 1.807) is 19.1 Å². The van der Waals surface area contributed by atoms with Crippen LogP contribution >= 0.6 is 27.5 Å². The van der Waals surface area contributed by atoms with E-state index in [2.05, 4.69) is 15.9 Å². The van der Waals surface area contributed by atoms with E-state index in [-0.39, 0.29) is 0 Å². The number of hydrogen-bond donors (Lipinski definition) is 1. The predicted octanol–water partition coefficient (Wildman–Crippen LogP) is 5.10. The molecule has 0 fully saturated rings. The van der Waals surface area contributed by atoms with Gasteiger partial charge in [-0.05, 0) is 48.9 Å². The number of fused-ring (bicyclic) bond motifs is 1. The molecule has 3 rings (SSSR count). The van der Waals surface area contributed by atoms with Crippen LogP contribution in [0.4, 0.5) is 0 Å². The lowest BCUT2D eigenvalue weighted by Gasteiger charge is -2.21. The molecule has 2 nitrogen and oxygen atoms in total. The predicted molar refractivity (Wildman–Crippen MR) is 84.0 cm³/mol. The van der Waals surface area contributed by atoms with Crippen LogP contribution in [0, 0.1) is 0 Å². The van der Waals surface area contributed by atoms with Crippen molar-refractivity contribution in [2.75, 3.05) is 0 Å². The fraction of sp³-hybridized carbons (Fsp3) is 0.125. The smallest absolute Gasteiger partial charge is 0.144 e. The van der Waals surface area contributed by atoms with E-state index in [0.717, 1.165) is 15.4 Å². The van der Waals surface area contributed by atoms with Crippen molar-refractivity contribution in [1.29, 1.82) is 0 Å². The minimum atomic E-state index is -1.19. The van der Waals surface area contributed by atoms with Gasteiger partial charge in [-0.1, -0.05) is 39.7 Å². The molecule has 0 spiro atoms. The maximum Gasteiger partial charge on any atom is 0.144 e. The van der Waals surface area contributed by atoms with Crippen molar-refractivity contribution < 1.29 is 9.52 Å². The van der Waals surface area contributed by atoms with Gasteiger partial charge in [-0.2, -0.15) is 0 Å². The van der Waals surface area contributed by atoms with Crippen LogP contribution in [0.3, 0.4) is 0 Å². The SMILES string of the molecule is CC(O)(c1ccc(Br)cc1)c1cc2cc(Cl)ccc2o1. The molecular formula is C16H12BrClO2. The molecule has 20 heavy (non-hydrogen) atoms. The normalized spacial score (nSPS) is 14.4. The van der Waals surface area contributed by atoms with E-state index in [9.17, 15) is 5.11 Å². The molecule has 0 amide bonds. The molecule has 3 aromatic rings. The summed E-state index contributed by atoms with van der Waals surface area (Å²) in [5.74, 6) is 0.497. The van der Waals surface area contributed by atoms with Gasteiger partial charge in [0.1, 0.15) is 16.9 Å². The van der Waals surface area contributed by atoms with Crippen LogP contribution < -0.4 is 0 Å². The average molecular weight is 352 g/mol. The third-order valence-electron chi connectivity index (χ3n) is 3.36. The number of rotatable bonds is 2. The van der Waals surface area contributed by atoms with E-state index in [0.29, 0.717) is 16.4 Å². The van der Waals surface area contributed by atoms with Crippen LogP contribution in [0.1, 0.15) is 18.2 Å². The van der Waals surface area contributed by atoms with Crippen LogP contribution in [-0.2, 0) is 5.60 Å². The standard InChI is InChI=1S/C16H12BrClO2/c1-16(19,11-2-4-12(17)5-3-11)15-9-10-8-13(18)6-7-14(10)20-15/h2-9,19H,1H3. The van der Waals surface area contributed by atoms with Crippen molar-refractivity contribution in [2.24, 2.45) is 0 Å². The van der Waals surface area contributed by atoms with Crippen molar-refractivity contribution in [3.05, 3.63) is 69.3 Å². The summed E-state index contributed by atoms with van der Waals surface area (Å²) in [5.41, 5.74) is 0.291. The second-order valence-electron chi connectivity index (χ2n) is 4.87. The first-order valence-corrected chi connectivity index (χ1v) is 7.32. The second kappa shape index (κ2) is 4.92. The Bertz CT molecular complexity index is 760. The quantitative estimate of drug-likeness (QED) is 0.696. The molecule has 1 aromatic heterocycles. The van der Waals surface area contributed by atoms with Gasteiger partial charge in [0.05, 0.1) is 0 Å². The third-order valence-corrected chi connectivity index (χ3v) is 4.13. The van der Waals surface area contributed by atoms with Crippen molar-refractivity contribution >= 4 is 38.5 Å². The molecule has 0 saturated heterocycles. The summed E-state index contributed by atoms with van der Waals surface area (Å²) in [5, 5.41) is 12.3. The number of benzene rings is 2. The van der Waals surface area contributed by atoms with Gasteiger partial charge in [0.15, 0.2) is 0 Å². The molecule has 1 atom stereocenters. The van der Waals surface area contributed by atoms with E-state index in [4.69, 9.17) is 16.0 Å². The summed E-state index contributed by atoms with van der Waals surface area (Å²) >= 11 is 9.35. The zero-order valence-electron chi connectivity index (χ0n) is 10.7. The second-order valence-corrected chi connectivity index (χ2v) is 6.22. The summed E-state index contributed by atoms with van der Waals surface area (Å²) < 4.78 is 6.72. The fourth-order valence-corrected chi connectivity index (χ4v) is 2.62. The Balaban J connectivity index is 2.10. The Hall–Kier alpha value is -1.29. The highest BCUT2D eigenvalue weighted by molar-refractivity contribution is 9.10. The first-order valence-electron chi connectivity index (χ1n) is 6.15. The topological polar surface area (TPSA) is 33.4 Å². The monoisotopic (exact) mass is 350 g/mol. The summed E-state index contributed by atoms with van der Waals surface area (Å²) in [6.07, 6.45) is 0. The van der Waals surface area contributed by atoms with Crippen LogP contribution in [0.5, 0.6) is 0 Å². The first-order chi connectivity index (χ1) is 9.46. The molecule has 102 valence electrons. The molecule has 2 aromatic carbocycles. The van der Waals surface area contributed by atoms with Crippen LogP contribution in [-0.4, -0.2) is 5.11 Å². The molecule has 0 bridgehead atoms. The highest BCUT2D eigenvalue weighted by atomic mass is 79.9. The number of halogens is 2. The summed E-state index contributed by atoms with van der Waals surface area (Å²) in [7, 11) is 0. The summed E-state index contributed by atoms with van der Waals surface area (Å²) in [6, 6.07) is 14.7. The fourth-order valence-electron chi connectivity index (χ4n) is 2.17. The molecule has 1 N–H and O–H groups in total. The molecule has 1 unspecified atom stereocenters. The Morgan fingerprint density at radius 1 is 1.10 bits per heavy atom. The van der Waals surface area contributed by atoms with E-state index < -0.39 is 5.60 Å². The van der Waals surface area contributed by atoms with Gasteiger partial charge in [0.25, 0.3) is 0 Å². The van der Waals surface area contributed by atoms with Crippen molar-refractivity contribution in [1.82, 2.24) is 0 Å². The molecule has 0 radical (unpaired) electrons. The van der Waals surface area contributed by atoms with Gasteiger partial charge in [-0.15, -0.1) is 0 Å². The van der Waals surface area contributed by atoms with Gasteiger partial charge in [0, 0.05) is 14.9 Å². The highest BCUT2D eigenvalue weighted by Gasteiger charge is 2.29. The van der Waals surface area contributed by atoms with Crippen molar-refractivity contribution in [3.8, 4) is 0 Å². The van der Waals surface area contributed by atoms with E-state index in [1.807, 2.05) is 36.4 Å². The Morgan fingerprint density at radius 2 is 1.80 bits per heavy atom. The minimum absolute atomic E-state index is 0.497. The first kappa shape index (κ1) is 13.7. The van der Waals surface area contributed by atoms with Crippen LogP contribution in [0.2, 0.25) is 5.02 Å². The van der Waals surface area contributed by atoms with Gasteiger partial charge in [-0.25, -0.2) is 0 Å². The van der Waals surface area contributed by atoms with Gasteiger partial charge in [-0.3, -0.25) is 0 Å². The number of aliphatic hydroxyl groups is 1. The van der Waals surface area contributed by atoms with Gasteiger partial charge < -0.3 is 9.52 Å². The lowest BCUT2D eigenvalue weighted by molar-refractivity contribution is 0.0786. The zero-order valence-corrected chi connectivity index (χ0v) is 13.1. The minimum Gasteiger partial charge on any atom is -0.458 e. The van der Waals surface area contributed by atoms with E-state index in [1.165, 1.54) is 0 Å². The van der Waals surface area contributed by atoms with Crippen molar-refractivity contribution in [2.45, 2.75) is 12.5 Å². The molecule has 0 saturated carbocycles. The van der Waals surface area contributed by atoms with Crippen LogP contribution in [0.25, 0.3) is 11.0 Å². The maximum atomic E-state index is 10.8. The molecule has 4 heteroatoms. The Kier molecular flexibility index (Phi) is 3.36. The largest absolute Gasteiger partial charge is 0.458 e. The maximum absolute atomic E-state index is 10.8. The molecule has 1 heterocycles. The van der Waals surface area contributed by atoms with Crippen molar-refractivity contribution in [3.63, 3.8) is 0 Å². The molecule has 0 aliphatic carbocycles. The Labute approximate surface area is 130 Å².